The lowest BCUT2D eigenvalue weighted by atomic mass is 10.0. The van der Waals surface area contributed by atoms with Crippen LogP contribution in [0.3, 0.4) is 0 Å². The Bertz CT molecular complexity index is 624. The van der Waals surface area contributed by atoms with Gasteiger partial charge in [0, 0.05) is 13.1 Å². The fraction of sp³-hybridized carbons (Fsp3) is 0.692. The summed E-state index contributed by atoms with van der Waals surface area (Å²) in [5.41, 5.74) is 0.608. The molecule has 2 rings (SSSR count). The predicted octanol–water partition coefficient (Wildman–Crippen LogP) is 1.98. The zero-order valence-corrected chi connectivity index (χ0v) is 13.8. The molecule has 1 fully saturated rings. The van der Waals surface area contributed by atoms with Gasteiger partial charge in [-0.05, 0) is 18.8 Å². The van der Waals surface area contributed by atoms with Crippen molar-refractivity contribution in [1.29, 1.82) is 0 Å². The topological polar surface area (TPSA) is 87.6 Å². The molecule has 0 saturated carbocycles. The Morgan fingerprint density at radius 2 is 2.14 bits per heavy atom. The molecule has 118 valence electrons. The highest BCUT2D eigenvalue weighted by Crippen LogP contribution is 2.32. The quantitative estimate of drug-likeness (QED) is 0.907. The summed E-state index contributed by atoms with van der Waals surface area (Å²) in [5.74, 6) is -0.583. The average Bonchev–Trinajstić information content (AvgIpc) is 2.78. The zero-order valence-electron chi connectivity index (χ0n) is 12.2. The van der Waals surface area contributed by atoms with Crippen LogP contribution in [-0.2, 0) is 9.84 Å². The summed E-state index contributed by atoms with van der Waals surface area (Å²) in [6.45, 7) is 4.94. The first kappa shape index (κ1) is 16.2. The fourth-order valence-electron chi connectivity index (χ4n) is 2.27. The normalized spacial score (nSPS) is 20.0. The maximum atomic E-state index is 11.6. The van der Waals surface area contributed by atoms with Crippen molar-refractivity contribution in [3.05, 3.63) is 10.6 Å². The Morgan fingerprint density at radius 1 is 1.43 bits per heavy atom. The lowest BCUT2D eigenvalue weighted by molar-refractivity contribution is 0.0700. The minimum absolute atomic E-state index is 0.0804. The van der Waals surface area contributed by atoms with Gasteiger partial charge in [-0.15, -0.1) is 0 Å². The van der Waals surface area contributed by atoms with Crippen molar-refractivity contribution < 1.29 is 18.3 Å². The Morgan fingerprint density at radius 3 is 2.76 bits per heavy atom. The van der Waals surface area contributed by atoms with Crippen LogP contribution in [0.15, 0.2) is 0 Å². The van der Waals surface area contributed by atoms with Gasteiger partial charge >= 0.3 is 5.97 Å². The van der Waals surface area contributed by atoms with E-state index < -0.39 is 15.8 Å². The van der Waals surface area contributed by atoms with Crippen LogP contribution in [0, 0.1) is 0 Å². The van der Waals surface area contributed by atoms with E-state index in [0.717, 1.165) is 17.8 Å². The highest BCUT2D eigenvalue weighted by atomic mass is 32.2. The van der Waals surface area contributed by atoms with Crippen molar-refractivity contribution in [1.82, 2.24) is 4.98 Å². The van der Waals surface area contributed by atoms with E-state index in [0.29, 0.717) is 30.3 Å². The highest BCUT2D eigenvalue weighted by Gasteiger charge is 2.26. The molecule has 1 aliphatic rings. The Hall–Kier alpha value is -1.15. The molecule has 0 amide bonds. The average molecular weight is 332 g/mol. The first-order valence-electron chi connectivity index (χ1n) is 7.03. The van der Waals surface area contributed by atoms with Crippen LogP contribution in [0.5, 0.6) is 0 Å². The van der Waals surface area contributed by atoms with Gasteiger partial charge in [-0.2, -0.15) is 0 Å². The minimum Gasteiger partial charge on any atom is -0.477 e. The van der Waals surface area contributed by atoms with Crippen molar-refractivity contribution in [2.24, 2.45) is 0 Å². The zero-order chi connectivity index (χ0) is 15.6. The molecular formula is C13H20N2O4S2. The number of thiazole rings is 1. The number of carboxylic acid groups (broad SMARTS) is 1. The van der Waals surface area contributed by atoms with Crippen LogP contribution in [0.4, 0.5) is 5.13 Å². The number of carboxylic acids is 1. The highest BCUT2D eigenvalue weighted by molar-refractivity contribution is 7.91. The molecule has 1 saturated heterocycles. The van der Waals surface area contributed by atoms with E-state index in [1.165, 1.54) is 0 Å². The molecule has 0 radical (unpaired) electrons. The Kier molecular flexibility index (Phi) is 4.88. The second kappa shape index (κ2) is 6.31. The summed E-state index contributed by atoms with van der Waals surface area (Å²) in [6, 6.07) is 0. The third-order valence-corrected chi connectivity index (χ3v) is 6.58. The molecule has 2 heterocycles. The van der Waals surface area contributed by atoms with Crippen molar-refractivity contribution in [2.75, 3.05) is 29.5 Å². The van der Waals surface area contributed by atoms with Gasteiger partial charge < -0.3 is 10.0 Å². The molecule has 0 aliphatic carbocycles. The summed E-state index contributed by atoms with van der Waals surface area (Å²) in [4.78, 5) is 18.0. The van der Waals surface area contributed by atoms with Gasteiger partial charge in [0.25, 0.3) is 0 Å². The summed E-state index contributed by atoms with van der Waals surface area (Å²) in [6.07, 6.45) is 1.38. The van der Waals surface area contributed by atoms with E-state index in [9.17, 15) is 18.3 Å². The summed E-state index contributed by atoms with van der Waals surface area (Å²) in [7, 11) is -2.98. The van der Waals surface area contributed by atoms with Gasteiger partial charge in [0.1, 0.15) is 4.88 Å². The third kappa shape index (κ3) is 3.74. The van der Waals surface area contributed by atoms with E-state index >= 15 is 0 Å². The fourth-order valence-corrected chi connectivity index (χ4v) is 4.61. The van der Waals surface area contributed by atoms with Crippen LogP contribution >= 0.6 is 11.3 Å². The lowest BCUT2D eigenvalue weighted by Crippen LogP contribution is -2.26. The first-order valence-corrected chi connectivity index (χ1v) is 9.67. The second-order valence-electron chi connectivity index (χ2n) is 5.32. The smallest absolute Gasteiger partial charge is 0.347 e. The number of rotatable bonds is 4. The van der Waals surface area contributed by atoms with Gasteiger partial charge in [0.15, 0.2) is 15.0 Å². The number of hydrogen-bond acceptors (Lipinski definition) is 6. The number of aromatic nitrogens is 1. The van der Waals surface area contributed by atoms with E-state index in [-0.39, 0.29) is 22.3 Å². The van der Waals surface area contributed by atoms with Gasteiger partial charge in [0.05, 0.1) is 17.2 Å². The molecule has 1 unspecified atom stereocenters. The molecular weight excluding hydrogens is 312 g/mol. The maximum Gasteiger partial charge on any atom is 0.347 e. The molecule has 1 aromatic heterocycles. The standard InChI is InChI=1S/C13H20N2O4S2/c1-3-9(2)10-11(12(16)17)20-13(14-10)15-5-4-7-21(18,19)8-6-15/h9H,3-8H2,1-2H3,(H,16,17). The third-order valence-electron chi connectivity index (χ3n) is 3.74. The number of aromatic carboxylic acids is 1. The molecule has 8 heteroatoms. The van der Waals surface area contributed by atoms with Gasteiger partial charge in [-0.3, -0.25) is 0 Å². The molecule has 0 bridgehead atoms. The number of nitrogens with zero attached hydrogens (tertiary/aromatic N) is 2. The SMILES string of the molecule is CCC(C)c1nc(N2CCCS(=O)(=O)CC2)sc1C(=O)O. The molecule has 1 aliphatic heterocycles. The number of hydrogen-bond donors (Lipinski definition) is 1. The molecule has 0 spiro atoms. The van der Waals surface area contributed by atoms with E-state index in [1.54, 1.807) is 0 Å². The maximum absolute atomic E-state index is 11.6. The van der Waals surface area contributed by atoms with Gasteiger partial charge in [-0.25, -0.2) is 18.2 Å². The first-order chi connectivity index (χ1) is 9.84. The van der Waals surface area contributed by atoms with Crippen LogP contribution in [-0.4, -0.2) is 49.1 Å². The van der Waals surface area contributed by atoms with Gasteiger partial charge in [0.2, 0.25) is 0 Å². The van der Waals surface area contributed by atoms with Crippen LogP contribution in [0.2, 0.25) is 0 Å². The summed E-state index contributed by atoms with van der Waals surface area (Å²) >= 11 is 1.15. The molecule has 1 atom stereocenters. The second-order valence-corrected chi connectivity index (χ2v) is 8.60. The molecule has 21 heavy (non-hydrogen) atoms. The molecule has 0 aromatic carbocycles. The lowest BCUT2D eigenvalue weighted by Gasteiger charge is -2.18. The van der Waals surface area contributed by atoms with Crippen LogP contribution < -0.4 is 4.90 Å². The van der Waals surface area contributed by atoms with Crippen molar-refractivity contribution in [3.8, 4) is 0 Å². The van der Waals surface area contributed by atoms with Crippen LogP contribution in [0.25, 0.3) is 0 Å². The summed E-state index contributed by atoms with van der Waals surface area (Å²) in [5, 5.41) is 9.94. The largest absolute Gasteiger partial charge is 0.477 e. The van der Waals surface area contributed by atoms with Gasteiger partial charge in [-0.1, -0.05) is 25.2 Å². The van der Waals surface area contributed by atoms with E-state index in [2.05, 4.69) is 4.98 Å². The Labute approximate surface area is 128 Å². The molecule has 1 aromatic rings. The van der Waals surface area contributed by atoms with E-state index in [1.807, 2.05) is 18.7 Å². The van der Waals surface area contributed by atoms with Crippen LogP contribution in [0.1, 0.15) is 48.0 Å². The van der Waals surface area contributed by atoms with Crippen molar-refractivity contribution in [3.63, 3.8) is 0 Å². The number of sulfone groups is 1. The molecule has 6 nitrogen and oxygen atoms in total. The molecule has 1 N–H and O–H groups in total. The number of anilines is 1. The van der Waals surface area contributed by atoms with Crippen molar-refractivity contribution >= 4 is 32.3 Å². The minimum atomic E-state index is -2.98. The summed E-state index contributed by atoms with van der Waals surface area (Å²) < 4.78 is 23.3. The Balaban J connectivity index is 2.30. The predicted molar refractivity (Wildman–Crippen MR) is 83.3 cm³/mol. The monoisotopic (exact) mass is 332 g/mol. The van der Waals surface area contributed by atoms with E-state index in [4.69, 9.17) is 0 Å². The number of carbonyl (C=O) groups is 1. The van der Waals surface area contributed by atoms with Crippen molar-refractivity contribution in [2.45, 2.75) is 32.6 Å².